The van der Waals surface area contributed by atoms with Gasteiger partial charge in [0.1, 0.15) is 5.69 Å². The summed E-state index contributed by atoms with van der Waals surface area (Å²) in [5, 5.41) is 9.09. The number of benzene rings is 2. The number of para-hydroxylation sites is 1. The number of rotatable bonds is 4. The summed E-state index contributed by atoms with van der Waals surface area (Å²) in [5.74, 6) is 0.0159. The van der Waals surface area contributed by atoms with Gasteiger partial charge in [-0.05, 0) is 46.2 Å². The quantitative estimate of drug-likeness (QED) is 0.640. The van der Waals surface area contributed by atoms with Crippen LogP contribution in [-0.4, -0.2) is 27.4 Å². The highest BCUT2D eigenvalue weighted by Crippen LogP contribution is 2.39. The van der Waals surface area contributed by atoms with Gasteiger partial charge in [0.05, 0.1) is 16.9 Å². The lowest BCUT2D eigenvalue weighted by atomic mass is 9.98. The molecule has 0 fully saturated rings. The topological polar surface area (TPSA) is 51.0 Å². The summed E-state index contributed by atoms with van der Waals surface area (Å²) in [7, 11) is 0. The predicted molar refractivity (Wildman–Crippen MR) is 114 cm³/mol. The number of aromatic nitrogens is 3. The largest absolute Gasteiger partial charge is 0.312 e. The second kappa shape index (κ2) is 7.58. The van der Waals surface area contributed by atoms with E-state index in [1.807, 2.05) is 48.0 Å². The van der Waals surface area contributed by atoms with Crippen molar-refractivity contribution < 1.29 is 4.79 Å². The second-order valence-electron chi connectivity index (χ2n) is 7.96. The fraction of sp³-hybridized carbons (Fsp3) is 0.348. The van der Waals surface area contributed by atoms with Gasteiger partial charge in [0.2, 0.25) is 5.91 Å². The van der Waals surface area contributed by atoms with Gasteiger partial charge in [0.25, 0.3) is 0 Å². The van der Waals surface area contributed by atoms with Crippen LogP contribution in [0, 0.1) is 6.92 Å². The minimum absolute atomic E-state index is 0.0159. The molecule has 0 unspecified atom stereocenters. The summed E-state index contributed by atoms with van der Waals surface area (Å²) in [5.41, 5.74) is 5.52. The van der Waals surface area contributed by atoms with Gasteiger partial charge in [0, 0.05) is 24.6 Å². The van der Waals surface area contributed by atoms with Crippen LogP contribution in [0.2, 0.25) is 0 Å². The van der Waals surface area contributed by atoms with Gasteiger partial charge in [0.15, 0.2) is 0 Å². The molecule has 1 aromatic heterocycles. The van der Waals surface area contributed by atoms with Crippen molar-refractivity contribution in [1.29, 1.82) is 0 Å². The Balaban J connectivity index is 2.35. The number of carbonyl (C=O) groups excluding carboxylic acids is 1. The Labute approximate surface area is 167 Å². The van der Waals surface area contributed by atoms with E-state index < -0.39 is 0 Å². The Hall–Kier alpha value is -2.95. The molecule has 0 atom stereocenters. The Morgan fingerprint density at radius 1 is 1.04 bits per heavy atom. The average Bonchev–Trinajstić information content (AvgIpc) is 3.08. The third-order valence-corrected chi connectivity index (χ3v) is 4.85. The SMILES string of the molecule is CCN(C(C)=O)c1ccccc1-c1c(-c2ccccc2C)nnn1C(C)(C)C. The lowest BCUT2D eigenvalue weighted by molar-refractivity contribution is -0.116. The molecule has 1 amide bonds. The summed E-state index contributed by atoms with van der Waals surface area (Å²) in [6.45, 7) is 12.6. The van der Waals surface area contributed by atoms with Gasteiger partial charge in [-0.3, -0.25) is 4.79 Å². The molecular formula is C23H28N4O. The van der Waals surface area contributed by atoms with Crippen LogP contribution in [0.25, 0.3) is 22.5 Å². The fourth-order valence-electron chi connectivity index (χ4n) is 3.48. The maximum Gasteiger partial charge on any atom is 0.223 e. The second-order valence-corrected chi connectivity index (χ2v) is 7.96. The van der Waals surface area contributed by atoms with Gasteiger partial charge in [-0.15, -0.1) is 5.10 Å². The first-order valence-electron chi connectivity index (χ1n) is 9.65. The predicted octanol–water partition coefficient (Wildman–Crippen LogP) is 5.05. The molecule has 2 aromatic carbocycles. The molecule has 28 heavy (non-hydrogen) atoms. The van der Waals surface area contributed by atoms with E-state index in [0.29, 0.717) is 6.54 Å². The summed E-state index contributed by atoms with van der Waals surface area (Å²) >= 11 is 0. The first kappa shape index (κ1) is 19.8. The summed E-state index contributed by atoms with van der Waals surface area (Å²) in [4.78, 5) is 14.1. The van der Waals surface area contributed by atoms with Gasteiger partial charge < -0.3 is 4.90 Å². The monoisotopic (exact) mass is 376 g/mol. The highest BCUT2D eigenvalue weighted by atomic mass is 16.2. The molecular weight excluding hydrogens is 348 g/mol. The molecule has 146 valence electrons. The number of amides is 1. The number of hydrogen-bond donors (Lipinski definition) is 0. The minimum atomic E-state index is -0.260. The van der Waals surface area contributed by atoms with Crippen molar-refractivity contribution in [2.45, 2.75) is 47.1 Å². The molecule has 0 saturated carbocycles. The zero-order chi connectivity index (χ0) is 20.5. The van der Waals surface area contributed by atoms with Crippen LogP contribution in [0.4, 0.5) is 5.69 Å². The van der Waals surface area contributed by atoms with E-state index in [-0.39, 0.29) is 11.4 Å². The zero-order valence-corrected chi connectivity index (χ0v) is 17.5. The molecule has 0 bridgehead atoms. The van der Waals surface area contributed by atoms with Crippen LogP contribution in [0.5, 0.6) is 0 Å². The van der Waals surface area contributed by atoms with E-state index in [2.05, 4.69) is 50.1 Å². The highest BCUT2D eigenvalue weighted by molar-refractivity contribution is 5.97. The molecule has 3 rings (SSSR count). The third-order valence-electron chi connectivity index (χ3n) is 4.85. The Morgan fingerprint density at radius 2 is 1.64 bits per heavy atom. The number of anilines is 1. The van der Waals surface area contributed by atoms with Crippen molar-refractivity contribution in [1.82, 2.24) is 15.0 Å². The van der Waals surface area contributed by atoms with Crippen LogP contribution in [-0.2, 0) is 10.3 Å². The van der Waals surface area contributed by atoms with E-state index in [9.17, 15) is 4.79 Å². The average molecular weight is 377 g/mol. The first-order valence-corrected chi connectivity index (χ1v) is 9.65. The zero-order valence-electron chi connectivity index (χ0n) is 17.5. The van der Waals surface area contributed by atoms with Crippen molar-refractivity contribution in [3.63, 3.8) is 0 Å². The van der Waals surface area contributed by atoms with E-state index >= 15 is 0 Å². The van der Waals surface area contributed by atoms with Crippen LogP contribution in [0.15, 0.2) is 48.5 Å². The van der Waals surface area contributed by atoms with Crippen molar-refractivity contribution >= 4 is 11.6 Å². The standard InChI is InChI=1S/C23H28N4O/c1-7-26(17(3)28)20-15-11-10-14-19(20)22-21(18-13-9-8-12-16(18)2)24-25-27(22)23(4,5)6/h8-15H,7H2,1-6H3. The first-order chi connectivity index (χ1) is 13.3. The Kier molecular flexibility index (Phi) is 5.36. The molecule has 0 aliphatic rings. The lowest BCUT2D eigenvalue weighted by Gasteiger charge is -2.26. The smallest absolute Gasteiger partial charge is 0.223 e. The van der Waals surface area contributed by atoms with E-state index in [0.717, 1.165) is 33.8 Å². The summed E-state index contributed by atoms with van der Waals surface area (Å²) < 4.78 is 1.96. The van der Waals surface area contributed by atoms with Crippen LogP contribution in [0.1, 0.15) is 40.2 Å². The van der Waals surface area contributed by atoms with Crippen molar-refractivity contribution in [2.75, 3.05) is 11.4 Å². The Morgan fingerprint density at radius 3 is 2.21 bits per heavy atom. The summed E-state index contributed by atoms with van der Waals surface area (Å²) in [6.07, 6.45) is 0. The molecule has 5 heteroatoms. The third kappa shape index (κ3) is 3.57. The van der Waals surface area contributed by atoms with Gasteiger partial charge >= 0.3 is 0 Å². The number of hydrogen-bond acceptors (Lipinski definition) is 3. The number of carbonyl (C=O) groups is 1. The molecule has 1 heterocycles. The molecule has 0 radical (unpaired) electrons. The number of aryl methyl sites for hydroxylation is 1. The molecule has 0 aliphatic heterocycles. The maximum absolute atomic E-state index is 12.3. The Bertz CT molecular complexity index is 998. The molecule has 5 nitrogen and oxygen atoms in total. The van der Waals surface area contributed by atoms with Gasteiger partial charge in [-0.1, -0.05) is 47.7 Å². The molecule has 3 aromatic rings. The maximum atomic E-state index is 12.3. The summed E-state index contributed by atoms with van der Waals surface area (Å²) in [6, 6.07) is 16.2. The fourth-order valence-corrected chi connectivity index (χ4v) is 3.48. The van der Waals surface area contributed by atoms with Crippen LogP contribution in [0.3, 0.4) is 0 Å². The van der Waals surface area contributed by atoms with E-state index in [4.69, 9.17) is 0 Å². The molecule has 0 N–H and O–H groups in total. The normalized spacial score (nSPS) is 11.5. The van der Waals surface area contributed by atoms with Crippen LogP contribution < -0.4 is 4.90 Å². The highest BCUT2D eigenvalue weighted by Gasteiger charge is 2.27. The van der Waals surface area contributed by atoms with Gasteiger partial charge in [-0.25, -0.2) is 4.68 Å². The van der Waals surface area contributed by atoms with E-state index in [1.54, 1.807) is 11.8 Å². The van der Waals surface area contributed by atoms with E-state index in [1.165, 1.54) is 0 Å². The van der Waals surface area contributed by atoms with Crippen molar-refractivity contribution in [2.24, 2.45) is 0 Å². The number of nitrogens with zero attached hydrogens (tertiary/aromatic N) is 4. The molecule has 0 saturated heterocycles. The molecule has 0 spiro atoms. The van der Waals surface area contributed by atoms with Crippen molar-refractivity contribution in [3.05, 3.63) is 54.1 Å². The van der Waals surface area contributed by atoms with Gasteiger partial charge in [-0.2, -0.15) is 0 Å². The van der Waals surface area contributed by atoms with Crippen LogP contribution >= 0.6 is 0 Å². The minimum Gasteiger partial charge on any atom is -0.312 e. The molecule has 0 aliphatic carbocycles. The lowest BCUT2D eigenvalue weighted by Crippen LogP contribution is -2.29. The van der Waals surface area contributed by atoms with Crippen molar-refractivity contribution in [3.8, 4) is 22.5 Å².